The molecule has 2 bridgehead atoms. The Hall–Kier alpha value is -1.25. The maximum absolute atomic E-state index is 12.3. The van der Waals surface area contributed by atoms with E-state index in [1.165, 1.54) is 12.1 Å². The number of hydrogen-bond donors (Lipinski definition) is 0. The minimum Gasteiger partial charge on any atom is -0.276 e. The lowest BCUT2D eigenvalue weighted by Gasteiger charge is -2.49. The molecule has 98 valence electrons. The van der Waals surface area contributed by atoms with Gasteiger partial charge in [0.15, 0.2) is 0 Å². The van der Waals surface area contributed by atoms with E-state index in [-0.39, 0.29) is 16.6 Å². The second-order valence-corrected chi connectivity index (χ2v) is 6.25. The summed E-state index contributed by atoms with van der Waals surface area (Å²) in [6.07, 6.45) is 10.1. The van der Waals surface area contributed by atoms with Crippen LogP contribution in [-0.2, 0) is 17.5 Å². The van der Waals surface area contributed by atoms with Crippen LogP contribution >= 0.6 is 0 Å². The predicted molar refractivity (Wildman–Crippen MR) is 73.0 cm³/mol. The quantitative estimate of drug-likeness (QED) is 0.753. The molecule has 1 aromatic heterocycles. The second kappa shape index (κ2) is 3.62. The molecule has 0 N–H and O–H groups in total. The second-order valence-electron chi connectivity index (χ2n) is 6.25. The van der Waals surface area contributed by atoms with Gasteiger partial charge in [0.1, 0.15) is 0 Å². The SMILES string of the molecule is CCCCc1cc(=O)n2n1C1(C)C=CC2(C)CC1. The van der Waals surface area contributed by atoms with Crippen LogP contribution in [0.3, 0.4) is 0 Å². The zero-order valence-corrected chi connectivity index (χ0v) is 11.6. The number of aromatic nitrogens is 2. The molecule has 1 aromatic rings. The molecule has 3 heterocycles. The van der Waals surface area contributed by atoms with Crippen LogP contribution in [0.2, 0.25) is 0 Å². The molecule has 2 aliphatic heterocycles. The Balaban J connectivity index is 2.19. The van der Waals surface area contributed by atoms with Crippen LogP contribution in [0.4, 0.5) is 0 Å². The average molecular weight is 246 g/mol. The molecule has 18 heavy (non-hydrogen) atoms. The van der Waals surface area contributed by atoms with Gasteiger partial charge in [-0.1, -0.05) is 25.5 Å². The monoisotopic (exact) mass is 246 g/mol. The number of hydrogen-bond acceptors (Lipinski definition) is 1. The molecule has 0 spiro atoms. The van der Waals surface area contributed by atoms with E-state index < -0.39 is 0 Å². The van der Waals surface area contributed by atoms with E-state index in [4.69, 9.17) is 0 Å². The van der Waals surface area contributed by atoms with Gasteiger partial charge in [0.2, 0.25) is 0 Å². The third-order valence-corrected chi connectivity index (χ3v) is 4.66. The van der Waals surface area contributed by atoms with Crippen LogP contribution in [0.25, 0.3) is 0 Å². The highest BCUT2D eigenvalue weighted by molar-refractivity contribution is 5.24. The number of unbranched alkanes of at least 4 members (excludes halogenated alkanes) is 1. The molecule has 3 nitrogen and oxygen atoms in total. The summed E-state index contributed by atoms with van der Waals surface area (Å²) in [5.41, 5.74) is 1.27. The normalized spacial score (nSPS) is 32.8. The lowest BCUT2D eigenvalue weighted by atomic mass is 9.78. The highest BCUT2D eigenvalue weighted by Crippen LogP contribution is 2.43. The Bertz CT molecular complexity index is 566. The van der Waals surface area contributed by atoms with E-state index in [1.807, 2.05) is 10.7 Å². The van der Waals surface area contributed by atoms with E-state index in [0.29, 0.717) is 0 Å². The van der Waals surface area contributed by atoms with Crippen LogP contribution in [0, 0.1) is 0 Å². The van der Waals surface area contributed by atoms with Gasteiger partial charge in [0.25, 0.3) is 5.56 Å². The molecule has 0 saturated carbocycles. The number of rotatable bonds is 3. The minimum absolute atomic E-state index is 0.00347. The Kier molecular flexibility index (Phi) is 2.38. The maximum atomic E-state index is 12.3. The third-order valence-electron chi connectivity index (χ3n) is 4.66. The first-order valence-corrected chi connectivity index (χ1v) is 7.05. The summed E-state index contributed by atoms with van der Waals surface area (Å²) in [4.78, 5) is 12.3. The first-order chi connectivity index (χ1) is 8.50. The van der Waals surface area contributed by atoms with Crippen molar-refractivity contribution in [1.29, 1.82) is 0 Å². The molecule has 0 radical (unpaired) electrons. The summed E-state index contributed by atoms with van der Waals surface area (Å²) in [5, 5.41) is 0. The molecule has 2 atom stereocenters. The van der Waals surface area contributed by atoms with Gasteiger partial charge in [0, 0.05) is 11.8 Å². The Labute approximate surface area is 108 Å². The molecular weight excluding hydrogens is 224 g/mol. The van der Waals surface area contributed by atoms with Gasteiger partial charge in [0.05, 0.1) is 11.1 Å². The predicted octanol–water partition coefficient (Wildman–Crippen LogP) is 2.79. The van der Waals surface area contributed by atoms with E-state index in [9.17, 15) is 4.79 Å². The van der Waals surface area contributed by atoms with Crippen molar-refractivity contribution in [3.8, 4) is 0 Å². The summed E-state index contributed by atoms with van der Waals surface area (Å²) in [6, 6.07) is 1.85. The molecule has 2 unspecified atom stereocenters. The van der Waals surface area contributed by atoms with Crippen LogP contribution < -0.4 is 5.56 Å². The van der Waals surface area contributed by atoms with E-state index in [0.717, 1.165) is 25.7 Å². The summed E-state index contributed by atoms with van der Waals surface area (Å²) >= 11 is 0. The molecule has 0 fully saturated rings. The van der Waals surface area contributed by atoms with Crippen LogP contribution in [0.15, 0.2) is 23.0 Å². The van der Waals surface area contributed by atoms with Gasteiger partial charge in [-0.05, 0) is 39.5 Å². The van der Waals surface area contributed by atoms with Gasteiger partial charge >= 0.3 is 0 Å². The minimum atomic E-state index is -0.112. The lowest BCUT2D eigenvalue weighted by molar-refractivity contribution is 0.111. The Morgan fingerprint density at radius 1 is 1.17 bits per heavy atom. The topological polar surface area (TPSA) is 26.9 Å². The fourth-order valence-electron chi connectivity index (χ4n) is 3.45. The fraction of sp³-hybridized carbons (Fsp3) is 0.667. The number of allylic oxidation sites excluding steroid dienone is 2. The van der Waals surface area contributed by atoms with Crippen molar-refractivity contribution >= 4 is 0 Å². The summed E-state index contributed by atoms with van der Waals surface area (Å²) in [6.45, 7) is 6.61. The molecular formula is C15H22N2O. The van der Waals surface area contributed by atoms with E-state index >= 15 is 0 Å². The highest BCUT2D eigenvalue weighted by atomic mass is 16.1. The maximum Gasteiger partial charge on any atom is 0.267 e. The van der Waals surface area contributed by atoms with Crippen LogP contribution in [0.5, 0.6) is 0 Å². The molecule has 3 heteroatoms. The van der Waals surface area contributed by atoms with Gasteiger partial charge < -0.3 is 0 Å². The zero-order chi connectivity index (χ0) is 13.0. The van der Waals surface area contributed by atoms with Gasteiger partial charge in [-0.2, -0.15) is 0 Å². The molecule has 1 aliphatic carbocycles. The zero-order valence-electron chi connectivity index (χ0n) is 11.6. The average Bonchev–Trinajstić information content (AvgIpc) is 2.69. The van der Waals surface area contributed by atoms with Crippen molar-refractivity contribution in [2.24, 2.45) is 0 Å². The van der Waals surface area contributed by atoms with Crippen molar-refractivity contribution in [2.75, 3.05) is 0 Å². The van der Waals surface area contributed by atoms with Crippen molar-refractivity contribution in [2.45, 2.75) is 64.0 Å². The fourth-order valence-corrected chi connectivity index (χ4v) is 3.45. The van der Waals surface area contributed by atoms with Crippen molar-refractivity contribution < 1.29 is 0 Å². The van der Waals surface area contributed by atoms with Crippen LogP contribution in [-0.4, -0.2) is 9.36 Å². The van der Waals surface area contributed by atoms with Gasteiger partial charge in [-0.3, -0.25) is 9.48 Å². The Morgan fingerprint density at radius 2 is 1.78 bits per heavy atom. The number of fused-ring (bicyclic) bond motifs is 1. The summed E-state index contributed by atoms with van der Waals surface area (Å²) in [5.74, 6) is 0. The third kappa shape index (κ3) is 1.39. The largest absolute Gasteiger partial charge is 0.276 e. The molecule has 0 amide bonds. The van der Waals surface area contributed by atoms with Gasteiger partial charge in [-0.25, -0.2) is 4.68 Å². The van der Waals surface area contributed by atoms with E-state index in [2.05, 4.69) is 37.6 Å². The van der Waals surface area contributed by atoms with E-state index in [1.54, 1.807) is 0 Å². The highest BCUT2D eigenvalue weighted by Gasteiger charge is 2.45. The van der Waals surface area contributed by atoms with Crippen molar-refractivity contribution in [3.63, 3.8) is 0 Å². The van der Waals surface area contributed by atoms with Gasteiger partial charge in [-0.15, -0.1) is 0 Å². The number of aryl methyl sites for hydroxylation is 1. The first-order valence-electron chi connectivity index (χ1n) is 7.05. The van der Waals surface area contributed by atoms with Crippen molar-refractivity contribution in [1.82, 2.24) is 9.36 Å². The molecule has 3 aliphatic rings. The molecule has 0 saturated heterocycles. The Morgan fingerprint density at radius 3 is 2.33 bits per heavy atom. The lowest BCUT2D eigenvalue weighted by Crippen LogP contribution is -2.54. The molecule has 4 rings (SSSR count). The molecule has 0 aromatic carbocycles. The first kappa shape index (κ1) is 11.8. The number of nitrogens with zero attached hydrogens (tertiary/aromatic N) is 2. The van der Waals surface area contributed by atoms with Crippen molar-refractivity contribution in [3.05, 3.63) is 34.3 Å². The summed E-state index contributed by atoms with van der Waals surface area (Å²) in [7, 11) is 0. The smallest absolute Gasteiger partial charge is 0.267 e. The van der Waals surface area contributed by atoms with Crippen LogP contribution in [0.1, 0.15) is 52.1 Å². The summed E-state index contributed by atoms with van der Waals surface area (Å²) < 4.78 is 4.26. The standard InChI is InChI=1S/C15H22N2O/c1-4-5-6-12-11-13(18)17-15(3)9-7-14(2,8-10-15)16(12)17/h7,9,11H,4-6,8,10H2,1-3H3.